The first-order valence-corrected chi connectivity index (χ1v) is 10.2. The van der Waals surface area contributed by atoms with Gasteiger partial charge >= 0.3 is 12.0 Å². The summed E-state index contributed by atoms with van der Waals surface area (Å²) in [5, 5.41) is 15.5. The molecule has 2 aromatic heterocycles. The fraction of sp³-hybridized carbons (Fsp3) is 0.0909. The molecule has 0 aliphatic carbocycles. The van der Waals surface area contributed by atoms with Gasteiger partial charge in [0.1, 0.15) is 10.9 Å². The predicted octanol–water partition coefficient (Wildman–Crippen LogP) is 4.50. The number of amides is 2. The van der Waals surface area contributed by atoms with Crippen molar-refractivity contribution in [2.75, 3.05) is 12.4 Å². The summed E-state index contributed by atoms with van der Waals surface area (Å²) >= 11 is 1.18. The third-order valence-electron chi connectivity index (χ3n) is 4.40. The average molecular weight is 434 g/mol. The summed E-state index contributed by atoms with van der Waals surface area (Å²) in [5.41, 5.74) is 1.90. The fourth-order valence-electron chi connectivity index (χ4n) is 2.93. The van der Waals surface area contributed by atoms with Crippen molar-refractivity contribution in [3.05, 3.63) is 88.4 Å². The van der Waals surface area contributed by atoms with Gasteiger partial charge < -0.3 is 19.8 Å². The van der Waals surface area contributed by atoms with E-state index in [0.29, 0.717) is 16.5 Å². The van der Waals surface area contributed by atoms with Gasteiger partial charge in [0.15, 0.2) is 0 Å². The van der Waals surface area contributed by atoms with E-state index in [4.69, 9.17) is 9.15 Å². The van der Waals surface area contributed by atoms with Crippen LogP contribution < -0.4 is 10.6 Å². The monoisotopic (exact) mass is 434 g/mol. The third-order valence-corrected chi connectivity index (χ3v) is 5.30. The van der Waals surface area contributed by atoms with Crippen molar-refractivity contribution in [2.45, 2.75) is 6.04 Å². The van der Waals surface area contributed by atoms with Crippen LogP contribution in [-0.4, -0.2) is 29.3 Å². The second-order valence-electron chi connectivity index (χ2n) is 6.41. The Labute approximate surface area is 181 Å². The van der Waals surface area contributed by atoms with Crippen LogP contribution >= 0.6 is 11.3 Å². The SMILES string of the molecule is COC(=O)c1sccc1NC(=O)N[C@@H](c1ccccc1)c1nnc(-c2ccccc2)o1. The van der Waals surface area contributed by atoms with Crippen LogP contribution in [0.15, 0.2) is 76.5 Å². The number of anilines is 1. The van der Waals surface area contributed by atoms with Gasteiger partial charge in [-0.1, -0.05) is 48.5 Å². The van der Waals surface area contributed by atoms with Crippen molar-refractivity contribution >= 4 is 29.0 Å². The van der Waals surface area contributed by atoms with Crippen LogP contribution in [0, 0.1) is 0 Å². The lowest BCUT2D eigenvalue weighted by Crippen LogP contribution is -2.33. The van der Waals surface area contributed by atoms with Gasteiger partial charge in [-0.2, -0.15) is 0 Å². The Bertz CT molecular complexity index is 1170. The lowest BCUT2D eigenvalue weighted by molar-refractivity contribution is 0.0607. The van der Waals surface area contributed by atoms with Gasteiger partial charge in [-0.05, 0) is 29.1 Å². The minimum Gasteiger partial charge on any atom is -0.465 e. The number of rotatable bonds is 6. The third kappa shape index (κ3) is 4.62. The number of methoxy groups -OCH3 is 1. The Hall–Kier alpha value is -3.98. The highest BCUT2D eigenvalue weighted by Crippen LogP contribution is 2.26. The van der Waals surface area contributed by atoms with Crippen molar-refractivity contribution < 1.29 is 18.7 Å². The molecule has 1 atom stereocenters. The Kier molecular flexibility index (Phi) is 6.04. The van der Waals surface area contributed by atoms with E-state index >= 15 is 0 Å². The normalized spacial score (nSPS) is 11.5. The summed E-state index contributed by atoms with van der Waals surface area (Å²) in [4.78, 5) is 24.9. The van der Waals surface area contributed by atoms with E-state index in [2.05, 4.69) is 20.8 Å². The molecule has 2 aromatic carbocycles. The summed E-state index contributed by atoms with van der Waals surface area (Å²) in [6, 6.07) is 19.1. The topological polar surface area (TPSA) is 106 Å². The van der Waals surface area contributed by atoms with Gasteiger partial charge in [-0.15, -0.1) is 21.5 Å². The number of hydrogen-bond acceptors (Lipinski definition) is 7. The van der Waals surface area contributed by atoms with E-state index in [-0.39, 0.29) is 5.89 Å². The summed E-state index contributed by atoms with van der Waals surface area (Å²) in [7, 11) is 1.29. The molecule has 8 nitrogen and oxygen atoms in total. The number of ether oxygens (including phenoxy) is 1. The highest BCUT2D eigenvalue weighted by Gasteiger charge is 2.24. The van der Waals surface area contributed by atoms with Crippen molar-refractivity contribution in [1.82, 2.24) is 15.5 Å². The number of benzene rings is 2. The second-order valence-corrected chi connectivity index (χ2v) is 7.32. The maximum Gasteiger partial charge on any atom is 0.350 e. The number of thiophene rings is 1. The molecule has 0 bridgehead atoms. The number of hydrogen-bond donors (Lipinski definition) is 2. The summed E-state index contributed by atoms with van der Waals surface area (Å²) in [6.07, 6.45) is 0. The smallest absolute Gasteiger partial charge is 0.350 e. The van der Waals surface area contributed by atoms with Crippen LogP contribution in [0.2, 0.25) is 0 Å². The van der Waals surface area contributed by atoms with Crippen molar-refractivity contribution in [2.24, 2.45) is 0 Å². The van der Waals surface area contributed by atoms with Gasteiger partial charge in [0, 0.05) is 5.56 Å². The molecule has 4 aromatic rings. The Morgan fingerprint density at radius 2 is 1.71 bits per heavy atom. The number of nitrogens with zero attached hydrogens (tertiary/aromatic N) is 2. The van der Waals surface area contributed by atoms with Crippen molar-refractivity contribution in [3.8, 4) is 11.5 Å². The molecular weight excluding hydrogens is 416 g/mol. The van der Waals surface area contributed by atoms with Crippen LogP contribution in [0.3, 0.4) is 0 Å². The maximum atomic E-state index is 12.7. The molecule has 4 rings (SSSR count). The fourth-order valence-corrected chi connectivity index (χ4v) is 3.70. The molecule has 2 heterocycles. The van der Waals surface area contributed by atoms with Gasteiger partial charge in [-0.3, -0.25) is 0 Å². The highest BCUT2D eigenvalue weighted by molar-refractivity contribution is 7.12. The molecule has 0 saturated heterocycles. The Morgan fingerprint density at radius 3 is 2.42 bits per heavy atom. The van der Waals surface area contributed by atoms with Crippen molar-refractivity contribution in [1.29, 1.82) is 0 Å². The molecule has 9 heteroatoms. The second kappa shape index (κ2) is 9.23. The van der Waals surface area contributed by atoms with Crippen LogP contribution in [-0.2, 0) is 4.74 Å². The highest BCUT2D eigenvalue weighted by atomic mass is 32.1. The largest absolute Gasteiger partial charge is 0.465 e. The number of esters is 1. The van der Waals surface area contributed by atoms with Gasteiger partial charge in [0.05, 0.1) is 12.8 Å². The summed E-state index contributed by atoms with van der Waals surface area (Å²) in [5.74, 6) is 0.0672. The number of urea groups is 1. The van der Waals surface area contributed by atoms with E-state index in [1.54, 1.807) is 11.4 Å². The van der Waals surface area contributed by atoms with E-state index < -0.39 is 18.0 Å². The number of carbonyl (C=O) groups is 2. The first kappa shape index (κ1) is 20.3. The number of nitrogens with one attached hydrogen (secondary N) is 2. The van der Waals surface area contributed by atoms with E-state index in [1.165, 1.54) is 18.4 Å². The van der Waals surface area contributed by atoms with Gasteiger partial charge in [-0.25, -0.2) is 9.59 Å². The molecule has 2 amide bonds. The lowest BCUT2D eigenvalue weighted by atomic mass is 10.1. The molecule has 2 N–H and O–H groups in total. The molecule has 0 spiro atoms. The first-order chi connectivity index (χ1) is 15.2. The van der Waals surface area contributed by atoms with Crippen LogP contribution in [0.1, 0.15) is 27.2 Å². The zero-order valence-electron chi connectivity index (χ0n) is 16.4. The molecule has 0 fully saturated rings. The van der Waals surface area contributed by atoms with E-state index in [0.717, 1.165) is 11.1 Å². The van der Waals surface area contributed by atoms with Gasteiger partial charge in [0.25, 0.3) is 0 Å². The van der Waals surface area contributed by atoms with Crippen LogP contribution in [0.25, 0.3) is 11.5 Å². The number of aromatic nitrogens is 2. The Morgan fingerprint density at radius 1 is 1.00 bits per heavy atom. The quantitative estimate of drug-likeness (QED) is 0.433. The molecule has 0 radical (unpaired) electrons. The molecular formula is C22H18N4O4S. The first-order valence-electron chi connectivity index (χ1n) is 9.33. The van der Waals surface area contributed by atoms with E-state index in [9.17, 15) is 9.59 Å². The molecule has 0 unspecified atom stereocenters. The standard InChI is InChI=1S/C22H18N4O4S/c1-29-21(27)18-16(12-13-31-18)23-22(28)24-17(14-8-4-2-5-9-14)20-26-25-19(30-20)15-10-6-3-7-11-15/h2-13,17H,1H3,(H2,23,24,28)/t17-/m0/s1. The molecule has 0 aliphatic heterocycles. The molecule has 0 saturated carbocycles. The minimum atomic E-state index is -0.689. The minimum absolute atomic E-state index is 0.235. The zero-order chi connectivity index (χ0) is 21.6. The van der Waals surface area contributed by atoms with Crippen LogP contribution in [0.5, 0.6) is 0 Å². The van der Waals surface area contributed by atoms with Gasteiger partial charge in [0.2, 0.25) is 11.8 Å². The summed E-state index contributed by atoms with van der Waals surface area (Å²) in [6.45, 7) is 0. The van der Waals surface area contributed by atoms with Crippen molar-refractivity contribution in [3.63, 3.8) is 0 Å². The Balaban J connectivity index is 1.59. The van der Waals surface area contributed by atoms with E-state index in [1.807, 2.05) is 60.7 Å². The maximum absolute atomic E-state index is 12.7. The predicted molar refractivity (Wildman–Crippen MR) is 116 cm³/mol. The lowest BCUT2D eigenvalue weighted by Gasteiger charge is -2.16. The molecule has 31 heavy (non-hydrogen) atoms. The summed E-state index contributed by atoms with van der Waals surface area (Å²) < 4.78 is 10.6. The molecule has 156 valence electrons. The average Bonchev–Trinajstić information content (AvgIpc) is 3.48. The number of carbonyl (C=O) groups excluding carboxylic acids is 2. The van der Waals surface area contributed by atoms with Crippen LogP contribution in [0.4, 0.5) is 10.5 Å². The zero-order valence-corrected chi connectivity index (χ0v) is 17.3. The molecule has 0 aliphatic rings.